The van der Waals surface area contributed by atoms with Gasteiger partial charge in [0.15, 0.2) is 11.5 Å². The van der Waals surface area contributed by atoms with E-state index < -0.39 is 0 Å². The fourth-order valence-electron chi connectivity index (χ4n) is 2.81. The second-order valence-corrected chi connectivity index (χ2v) is 7.39. The predicted octanol–water partition coefficient (Wildman–Crippen LogP) is 7.11. The van der Waals surface area contributed by atoms with Crippen LogP contribution in [0.5, 0.6) is 11.5 Å². The number of benzene rings is 1. The van der Waals surface area contributed by atoms with Gasteiger partial charge in [-0.15, -0.1) is 0 Å². The Balaban J connectivity index is 1.99. The third-order valence-electron chi connectivity index (χ3n) is 4.60. The number of phenols is 2. The Morgan fingerprint density at radius 1 is 0.812 bits per heavy atom. The largest absolute Gasteiger partial charge is 0.504 e. The van der Waals surface area contributed by atoms with Crippen molar-refractivity contribution < 1.29 is 19.7 Å². The van der Waals surface area contributed by atoms with Gasteiger partial charge in [-0.3, -0.25) is 4.79 Å². The summed E-state index contributed by atoms with van der Waals surface area (Å²) >= 11 is 0. The molecule has 0 bridgehead atoms. The third-order valence-corrected chi connectivity index (χ3v) is 4.60. The van der Waals surface area contributed by atoms with Crippen LogP contribution in [-0.2, 0) is 16.0 Å². The smallest absolute Gasteiger partial charge is 0.305 e. The molecule has 0 aromatic heterocycles. The molecule has 0 spiro atoms. The molecule has 4 nitrogen and oxygen atoms in total. The fourth-order valence-corrected chi connectivity index (χ4v) is 2.81. The van der Waals surface area contributed by atoms with Crippen molar-refractivity contribution in [3.63, 3.8) is 0 Å². The van der Waals surface area contributed by atoms with Crippen molar-refractivity contribution in [3.05, 3.63) is 84.5 Å². The Bertz CT molecular complexity index is 785. The maximum absolute atomic E-state index is 11.8. The van der Waals surface area contributed by atoms with Gasteiger partial charge < -0.3 is 14.9 Å². The number of hydrogen-bond donors (Lipinski definition) is 2. The summed E-state index contributed by atoms with van der Waals surface area (Å²) in [5, 5.41) is 18.7. The number of hydrogen-bond acceptors (Lipinski definition) is 4. The maximum Gasteiger partial charge on any atom is 0.305 e. The highest BCUT2D eigenvalue weighted by Gasteiger charge is 2.04. The van der Waals surface area contributed by atoms with Gasteiger partial charge >= 0.3 is 5.97 Å². The number of esters is 1. The lowest BCUT2D eigenvalue weighted by Crippen LogP contribution is -2.07. The first-order valence-corrected chi connectivity index (χ1v) is 11.5. The van der Waals surface area contributed by atoms with Gasteiger partial charge in [0.25, 0.3) is 0 Å². The van der Waals surface area contributed by atoms with Crippen LogP contribution in [0.25, 0.3) is 0 Å². The van der Waals surface area contributed by atoms with Crippen LogP contribution in [0.3, 0.4) is 0 Å². The van der Waals surface area contributed by atoms with Crippen molar-refractivity contribution in [2.75, 3.05) is 6.61 Å². The van der Waals surface area contributed by atoms with Gasteiger partial charge in [0, 0.05) is 12.8 Å². The highest BCUT2D eigenvalue weighted by atomic mass is 16.5. The third kappa shape index (κ3) is 14.9. The number of carbonyl (C=O) groups is 1. The number of rotatable bonds is 16. The normalized spacial score (nSPS) is 12.3. The second-order valence-electron chi connectivity index (χ2n) is 7.39. The monoisotopic (exact) mass is 438 g/mol. The van der Waals surface area contributed by atoms with E-state index in [1.54, 1.807) is 6.07 Å². The molecule has 174 valence electrons. The minimum absolute atomic E-state index is 0.152. The Labute approximate surface area is 193 Å². The molecular weight excluding hydrogens is 400 g/mol. The molecule has 0 aliphatic rings. The van der Waals surface area contributed by atoms with Crippen molar-refractivity contribution in [3.8, 4) is 11.5 Å². The molecule has 0 atom stereocenters. The summed E-state index contributed by atoms with van der Waals surface area (Å²) in [6, 6.07) is 4.60. The van der Waals surface area contributed by atoms with E-state index in [4.69, 9.17) is 4.74 Å². The Kier molecular flexibility index (Phi) is 15.8. The first-order valence-electron chi connectivity index (χ1n) is 11.5. The molecule has 0 unspecified atom stereocenters. The summed E-state index contributed by atoms with van der Waals surface area (Å²) in [6.07, 6.45) is 29.2. The van der Waals surface area contributed by atoms with Gasteiger partial charge in [0.1, 0.15) is 0 Å². The van der Waals surface area contributed by atoms with Crippen molar-refractivity contribution in [2.24, 2.45) is 0 Å². The molecule has 4 heteroatoms. The number of phenolic OH excluding ortho intramolecular Hbond substituents is 2. The van der Waals surface area contributed by atoms with Crippen LogP contribution in [0.15, 0.2) is 79.0 Å². The van der Waals surface area contributed by atoms with E-state index in [0.717, 1.165) is 50.5 Å². The van der Waals surface area contributed by atoms with Gasteiger partial charge in [-0.1, -0.05) is 73.8 Å². The lowest BCUT2D eigenvalue weighted by atomic mass is 10.1. The summed E-state index contributed by atoms with van der Waals surface area (Å²) < 4.78 is 5.21. The van der Waals surface area contributed by atoms with Crippen LogP contribution < -0.4 is 0 Å². The zero-order valence-electron chi connectivity index (χ0n) is 19.3. The first kappa shape index (κ1) is 27.0. The average Bonchev–Trinajstić information content (AvgIpc) is 2.78. The molecule has 0 saturated heterocycles. The molecule has 32 heavy (non-hydrogen) atoms. The minimum Gasteiger partial charge on any atom is -0.504 e. The summed E-state index contributed by atoms with van der Waals surface area (Å²) in [5.41, 5.74) is 0.812. The van der Waals surface area contributed by atoms with Gasteiger partial charge in [0.05, 0.1) is 6.61 Å². The van der Waals surface area contributed by atoms with E-state index in [2.05, 4.69) is 67.7 Å². The second kappa shape index (κ2) is 18.7. The Morgan fingerprint density at radius 3 is 1.94 bits per heavy atom. The van der Waals surface area contributed by atoms with Crippen molar-refractivity contribution in [2.45, 2.75) is 64.7 Å². The maximum atomic E-state index is 11.8. The number of aromatic hydroxyl groups is 2. The molecule has 0 heterocycles. The van der Waals surface area contributed by atoms with Crippen molar-refractivity contribution in [1.29, 1.82) is 0 Å². The molecule has 0 aliphatic carbocycles. The average molecular weight is 439 g/mol. The van der Waals surface area contributed by atoms with Gasteiger partial charge in [-0.25, -0.2) is 0 Å². The summed E-state index contributed by atoms with van der Waals surface area (Å²) in [6.45, 7) is 2.41. The summed E-state index contributed by atoms with van der Waals surface area (Å²) in [7, 11) is 0. The highest BCUT2D eigenvalue weighted by Crippen LogP contribution is 2.24. The lowest BCUT2D eigenvalue weighted by molar-refractivity contribution is -0.143. The zero-order valence-corrected chi connectivity index (χ0v) is 19.3. The standard InChI is InChI=1S/C28H38O4/c1-2-3-4-5-6-7-8-9-10-11-12-13-14-15-16-17-18-19-28(31)32-23-22-25-20-21-26(29)27(30)24-25/h3-4,6-7,9-10,12-13,15-16,20-21,24,29-30H,2,5,8,11,14,17-19,22-23H2,1H3/b4-3+,7-6+,10-9+,13-12+,16-15+. The number of allylic oxidation sites excluding steroid dienone is 10. The van der Waals surface area contributed by atoms with E-state index in [0.29, 0.717) is 12.8 Å². The van der Waals surface area contributed by atoms with Gasteiger partial charge in [-0.05, 0) is 62.6 Å². The fraction of sp³-hybridized carbons (Fsp3) is 0.393. The molecular formula is C28H38O4. The molecule has 0 fully saturated rings. The topological polar surface area (TPSA) is 66.8 Å². The van der Waals surface area contributed by atoms with Crippen LogP contribution in [0.4, 0.5) is 0 Å². The van der Waals surface area contributed by atoms with Gasteiger partial charge in [-0.2, -0.15) is 0 Å². The molecule has 0 radical (unpaired) electrons. The predicted molar refractivity (Wildman–Crippen MR) is 133 cm³/mol. The van der Waals surface area contributed by atoms with E-state index in [1.165, 1.54) is 12.1 Å². The Hall–Kier alpha value is -3.01. The molecule has 1 rings (SSSR count). The van der Waals surface area contributed by atoms with E-state index in [-0.39, 0.29) is 24.1 Å². The van der Waals surface area contributed by atoms with Crippen LogP contribution in [0, 0.1) is 0 Å². The van der Waals surface area contributed by atoms with Crippen molar-refractivity contribution >= 4 is 5.97 Å². The van der Waals surface area contributed by atoms with E-state index >= 15 is 0 Å². The highest BCUT2D eigenvalue weighted by molar-refractivity contribution is 5.69. The SMILES string of the molecule is CC/C=C/C/C=C/C/C=C/C/C=C/C/C=C/CCCC(=O)OCCc1ccc(O)c(O)c1. The van der Waals surface area contributed by atoms with E-state index in [1.807, 2.05) is 0 Å². The number of carbonyl (C=O) groups excluding carboxylic acids is 1. The summed E-state index contributed by atoms with van der Waals surface area (Å²) in [5.74, 6) is -0.521. The molecule has 1 aromatic rings. The van der Waals surface area contributed by atoms with Crippen LogP contribution >= 0.6 is 0 Å². The molecule has 0 aliphatic heterocycles. The lowest BCUT2D eigenvalue weighted by Gasteiger charge is -2.05. The molecule has 1 aromatic carbocycles. The molecule has 0 saturated carbocycles. The zero-order chi connectivity index (χ0) is 23.3. The van der Waals surface area contributed by atoms with E-state index in [9.17, 15) is 15.0 Å². The number of ether oxygens (including phenoxy) is 1. The first-order chi connectivity index (χ1) is 15.6. The molecule has 0 amide bonds. The quantitative estimate of drug-likeness (QED) is 0.125. The van der Waals surface area contributed by atoms with Gasteiger partial charge in [0.2, 0.25) is 0 Å². The number of unbranched alkanes of at least 4 members (excludes halogenated alkanes) is 1. The summed E-state index contributed by atoms with van der Waals surface area (Å²) in [4.78, 5) is 11.8. The van der Waals surface area contributed by atoms with Crippen molar-refractivity contribution in [1.82, 2.24) is 0 Å². The van der Waals surface area contributed by atoms with Crippen LogP contribution in [0.1, 0.15) is 63.9 Å². The van der Waals surface area contributed by atoms with Crippen LogP contribution in [-0.4, -0.2) is 22.8 Å². The molecule has 2 N–H and O–H groups in total. The minimum atomic E-state index is -0.208. The van der Waals surface area contributed by atoms with Crippen LogP contribution in [0.2, 0.25) is 0 Å². The Morgan fingerprint density at radius 2 is 1.38 bits per heavy atom.